The molecule has 0 unspecified atom stereocenters. The zero-order valence-corrected chi connectivity index (χ0v) is 12.8. The number of para-hydroxylation sites is 1. The fourth-order valence-electron chi connectivity index (χ4n) is 2.62. The lowest BCUT2D eigenvalue weighted by Gasteiger charge is -2.11. The molecule has 0 radical (unpaired) electrons. The molecule has 4 N–H and O–H groups in total. The molecule has 0 bridgehead atoms. The van der Waals surface area contributed by atoms with Gasteiger partial charge in [0.05, 0.1) is 6.04 Å². The van der Waals surface area contributed by atoms with Crippen molar-refractivity contribution in [3.8, 4) is 0 Å². The Bertz CT molecular complexity index is 782. The summed E-state index contributed by atoms with van der Waals surface area (Å²) < 4.78 is 0. The van der Waals surface area contributed by atoms with Crippen molar-refractivity contribution < 1.29 is 4.79 Å². The van der Waals surface area contributed by atoms with E-state index in [1.807, 2.05) is 48.7 Å². The summed E-state index contributed by atoms with van der Waals surface area (Å²) in [7, 11) is 0. The number of H-pyrrole nitrogens is 1. The molecule has 0 aliphatic carbocycles. The van der Waals surface area contributed by atoms with E-state index in [2.05, 4.69) is 15.3 Å². The number of carbonyl (C=O) groups is 1. The molecule has 5 heteroatoms. The Labute approximate surface area is 134 Å². The number of aromatic nitrogens is 2. The van der Waals surface area contributed by atoms with Crippen LogP contribution in [0.5, 0.6) is 0 Å². The van der Waals surface area contributed by atoms with Crippen LogP contribution in [-0.4, -0.2) is 28.5 Å². The van der Waals surface area contributed by atoms with Crippen LogP contribution in [-0.2, 0) is 17.6 Å². The molecule has 0 aliphatic rings. The number of nitrogens with two attached hydrogens (primary N) is 1. The van der Waals surface area contributed by atoms with Gasteiger partial charge in [-0.25, -0.2) is 0 Å². The average Bonchev–Trinajstić information content (AvgIpc) is 2.99. The summed E-state index contributed by atoms with van der Waals surface area (Å²) in [5, 5.41) is 3.99. The van der Waals surface area contributed by atoms with Gasteiger partial charge in [-0.1, -0.05) is 24.3 Å². The van der Waals surface area contributed by atoms with E-state index in [-0.39, 0.29) is 5.91 Å². The number of nitrogens with zero attached hydrogens (tertiary/aromatic N) is 1. The molecule has 2 heterocycles. The summed E-state index contributed by atoms with van der Waals surface area (Å²) in [6.07, 6.45) is 4.89. The van der Waals surface area contributed by atoms with Crippen molar-refractivity contribution in [2.45, 2.75) is 18.9 Å². The average molecular weight is 308 g/mol. The summed E-state index contributed by atoms with van der Waals surface area (Å²) >= 11 is 0. The zero-order chi connectivity index (χ0) is 16.1. The number of hydrogen-bond acceptors (Lipinski definition) is 3. The van der Waals surface area contributed by atoms with E-state index in [4.69, 9.17) is 5.73 Å². The lowest BCUT2D eigenvalue weighted by molar-refractivity contribution is -0.122. The van der Waals surface area contributed by atoms with Crippen molar-refractivity contribution >= 4 is 16.8 Å². The van der Waals surface area contributed by atoms with E-state index < -0.39 is 6.04 Å². The molecule has 5 nitrogen and oxygen atoms in total. The van der Waals surface area contributed by atoms with Crippen LogP contribution in [0, 0.1) is 0 Å². The number of amides is 1. The van der Waals surface area contributed by atoms with Crippen molar-refractivity contribution in [2.75, 3.05) is 6.54 Å². The minimum atomic E-state index is -0.557. The molecule has 118 valence electrons. The molecule has 1 atom stereocenters. The molecule has 23 heavy (non-hydrogen) atoms. The van der Waals surface area contributed by atoms with Crippen molar-refractivity contribution in [3.63, 3.8) is 0 Å². The molecule has 1 amide bonds. The van der Waals surface area contributed by atoms with Crippen LogP contribution in [0.25, 0.3) is 10.9 Å². The van der Waals surface area contributed by atoms with Gasteiger partial charge in [-0.3, -0.25) is 9.78 Å². The van der Waals surface area contributed by atoms with E-state index in [1.54, 1.807) is 6.20 Å². The van der Waals surface area contributed by atoms with E-state index in [0.717, 1.165) is 22.2 Å². The minimum absolute atomic E-state index is 0.133. The Balaban J connectivity index is 1.53. The van der Waals surface area contributed by atoms with Crippen molar-refractivity contribution in [1.29, 1.82) is 0 Å². The highest BCUT2D eigenvalue weighted by atomic mass is 16.2. The van der Waals surface area contributed by atoms with Gasteiger partial charge in [-0.2, -0.15) is 0 Å². The van der Waals surface area contributed by atoms with E-state index >= 15 is 0 Å². The predicted octanol–water partition coefficient (Wildman–Crippen LogP) is 1.79. The second-order valence-corrected chi connectivity index (χ2v) is 5.53. The molecule has 3 aromatic rings. The summed E-state index contributed by atoms with van der Waals surface area (Å²) in [5.41, 5.74) is 9.12. The Morgan fingerprint density at radius 3 is 2.87 bits per heavy atom. The highest BCUT2D eigenvalue weighted by Crippen LogP contribution is 2.18. The van der Waals surface area contributed by atoms with E-state index in [0.29, 0.717) is 19.4 Å². The topological polar surface area (TPSA) is 83.8 Å². The summed E-state index contributed by atoms with van der Waals surface area (Å²) in [6.45, 7) is 0.539. The first kappa shape index (κ1) is 15.2. The van der Waals surface area contributed by atoms with Crippen LogP contribution in [0.1, 0.15) is 11.3 Å². The Kier molecular flexibility index (Phi) is 4.68. The first-order chi connectivity index (χ1) is 11.2. The van der Waals surface area contributed by atoms with Crippen LogP contribution in [0.4, 0.5) is 0 Å². The number of aromatic amines is 1. The monoisotopic (exact) mass is 308 g/mol. The Hall–Kier alpha value is -2.66. The van der Waals surface area contributed by atoms with Crippen LogP contribution < -0.4 is 11.1 Å². The predicted molar refractivity (Wildman–Crippen MR) is 90.9 cm³/mol. The first-order valence-electron chi connectivity index (χ1n) is 7.72. The van der Waals surface area contributed by atoms with Crippen LogP contribution in [0.15, 0.2) is 54.9 Å². The first-order valence-corrected chi connectivity index (χ1v) is 7.72. The van der Waals surface area contributed by atoms with Gasteiger partial charge in [0.1, 0.15) is 0 Å². The number of rotatable bonds is 6. The second kappa shape index (κ2) is 7.07. The largest absolute Gasteiger partial charge is 0.361 e. The maximum atomic E-state index is 12.1. The van der Waals surface area contributed by atoms with Crippen LogP contribution >= 0.6 is 0 Å². The maximum absolute atomic E-state index is 12.1. The standard InChI is InChI=1S/C18H20N4O/c19-16(11-13-12-22-17-7-2-1-6-15(13)17)18(23)21-10-8-14-5-3-4-9-20-14/h1-7,9,12,16,22H,8,10-11,19H2,(H,21,23)/t16-/m0/s1. The minimum Gasteiger partial charge on any atom is -0.361 e. The summed E-state index contributed by atoms with van der Waals surface area (Å²) in [4.78, 5) is 19.6. The molecular weight excluding hydrogens is 288 g/mol. The molecular formula is C18H20N4O. The molecule has 0 fully saturated rings. The number of pyridine rings is 1. The van der Waals surface area contributed by atoms with E-state index in [1.165, 1.54) is 0 Å². The third-order valence-electron chi connectivity index (χ3n) is 3.86. The lowest BCUT2D eigenvalue weighted by atomic mass is 10.1. The zero-order valence-electron chi connectivity index (χ0n) is 12.8. The van der Waals surface area contributed by atoms with Gasteiger partial charge in [0, 0.05) is 42.0 Å². The SMILES string of the molecule is N[C@@H](Cc1c[nH]c2ccccc12)C(=O)NCCc1ccccn1. The maximum Gasteiger partial charge on any atom is 0.237 e. The van der Waals surface area contributed by atoms with Gasteiger partial charge in [0.2, 0.25) is 5.91 Å². The third-order valence-corrected chi connectivity index (χ3v) is 3.86. The second-order valence-electron chi connectivity index (χ2n) is 5.53. The van der Waals surface area contributed by atoms with Crippen molar-refractivity contribution in [1.82, 2.24) is 15.3 Å². The molecule has 3 rings (SSSR count). The molecule has 0 aliphatic heterocycles. The highest BCUT2D eigenvalue weighted by Gasteiger charge is 2.15. The van der Waals surface area contributed by atoms with Gasteiger partial charge in [0.15, 0.2) is 0 Å². The summed E-state index contributed by atoms with van der Waals surface area (Å²) in [5.74, 6) is -0.133. The molecule has 0 saturated heterocycles. The van der Waals surface area contributed by atoms with E-state index in [9.17, 15) is 4.79 Å². The fourth-order valence-corrected chi connectivity index (χ4v) is 2.62. The van der Waals surface area contributed by atoms with Gasteiger partial charge in [-0.15, -0.1) is 0 Å². The highest BCUT2D eigenvalue weighted by molar-refractivity contribution is 5.86. The fraction of sp³-hybridized carbons (Fsp3) is 0.222. The van der Waals surface area contributed by atoms with Crippen molar-refractivity contribution in [3.05, 3.63) is 66.1 Å². The van der Waals surface area contributed by atoms with Crippen LogP contribution in [0.2, 0.25) is 0 Å². The lowest BCUT2D eigenvalue weighted by Crippen LogP contribution is -2.42. The van der Waals surface area contributed by atoms with Crippen LogP contribution in [0.3, 0.4) is 0 Å². The molecule has 0 spiro atoms. The van der Waals surface area contributed by atoms with Crippen molar-refractivity contribution in [2.24, 2.45) is 5.73 Å². The third kappa shape index (κ3) is 3.76. The number of benzene rings is 1. The van der Waals surface area contributed by atoms with Gasteiger partial charge in [-0.05, 0) is 30.2 Å². The van der Waals surface area contributed by atoms with Gasteiger partial charge < -0.3 is 16.0 Å². The number of fused-ring (bicyclic) bond motifs is 1. The van der Waals surface area contributed by atoms with Gasteiger partial charge >= 0.3 is 0 Å². The molecule has 2 aromatic heterocycles. The normalized spacial score (nSPS) is 12.2. The number of carbonyl (C=O) groups excluding carboxylic acids is 1. The number of nitrogens with one attached hydrogen (secondary N) is 2. The smallest absolute Gasteiger partial charge is 0.237 e. The Morgan fingerprint density at radius 2 is 2.04 bits per heavy atom. The summed E-state index contributed by atoms with van der Waals surface area (Å²) in [6, 6.07) is 13.2. The molecule has 1 aromatic carbocycles. The molecule has 0 saturated carbocycles. The number of hydrogen-bond donors (Lipinski definition) is 3. The quantitative estimate of drug-likeness (QED) is 0.649. The Morgan fingerprint density at radius 1 is 1.22 bits per heavy atom. The van der Waals surface area contributed by atoms with Gasteiger partial charge in [0.25, 0.3) is 0 Å².